The molecule has 0 aliphatic carbocycles. The average molecular weight is 964 g/mol. The summed E-state index contributed by atoms with van der Waals surface area (Å²) in [4.78, 5) is 7.64. The topological polar surface area (TPSA) is 9.72 Å². The molecule has 0 atom stereocenters. The molecule has 11 rings (SSSR count). The number of fused-ring (bicyclic) bond motifs is 4. The first kappa shape index (κ1) is 48.7. The van der Waals surface area contributed by atoms with Gasteiger partial charge in [-0.1, -0.05) is 217 Å². The predicted molar refractivity (Wildman–Crippen MR) is 321 cm³/mol. The van der Waals surface area contributed by atoms with Crippen LogP contribution >= 0.6 is 0 Å². The van der Waals surface area contributed by atoms with Gasteiger partial charge in [-0.05, 0) is 155 Å². The molecule has 0 radical (unpaired) electrons. The summed E-state index contributed by atoms with van der Waals surface area (Å²) < 4.78 is 0. The molecule has 9 aromatic carbocycles. The quantitative estimate of drug-likeness (QED) is 0.147. The number of hydrogen-bond donors (Lipinski definition) is 0. The highest BCUT2D eigenvalue weighted by atomic mass is 15.2. The third kappa shape index (κ3) is 8.93. The maximum atomic E-state index is 2.57. The van der Waals surface area contributed by atoms with E-state index in [4.69, 9.17) is 0 Å². The van der Waals surface area contributed by atoms with Gasteiger partial charge in [0, 0.05) is 45.5 Å². The first-order valence-corrected chi connectivity index (χ1v) is 26.6. The van der Waals surface area contributed by atoms with Crippen molar-refractivity contribution in [3.05, 3.63) is 229 Å². The Balaban J connectivity index is 1.27. The standard InChI is InChI=1S/C70H70BN3/c1-67(2,3)51-29-35-55(36-30-51)73-62-39-33-53(69(7,8)9)43-60(62)71-61-44-54(70(10,11)12)34-40-63(61)74(56-37-31-52(32-38-56)68(4,5)6)65-46-59(45-64(73)66(65)71)72(57-27-19-25-49(41-57)47-21-15-13-16-22-47)58-28-20-26-50(42-58)48-23-17-14-18-24-48/h13-46H,1-12H3. The van der Waals surface area contributed by atoms with Gasteiger partial charge in [-0.3, -0.25) is 0 Å². The number of rotatable bonds is 7. The summed E-state index contributed by atoms with van der Waals surface area (Å²) in [6.45, 7) is 27.8. The molecular weight excluding hydrogens is 894 g/mol. The minimum atomic E-state index is -0.0597. The van der Waals surface area contributed by atoms with Crippen LogP contribution in [0.4, 0.5) is 51.2 Å². The Bertz CT molecular complexity index is 3300. The molecule has 0 spiro atoms. The van der Waals surface area contributed by atoms with Gasteiger partial charge in [-0.15, -0.1) is 0 Å². The minimum absolute atomic E-state index is 0.00467. The molecule has 0 aromatic heterocycles. The van der Waals surface area contributed by atoms with Crippen LogP contribution in [0.15, 0.2) is 206 Å². The van der Waals surface area contributed by atoms with Crippen LogP contribution in [0.2, 0.25) is 0 Å². The van der Waals surface area contributed by atoms with Crippen molar-refractivity contribution in [2.45, 2.75) is 105 Å². The molecule has 2 heterocycles. The molecule has 0 unspecified atom stereocenters. The van der Waals surface area contributed by atoms with E-state index in [0.717, 1.165) is 28.4 Å². The maximum Gasteiger partial charge on any atom is 0.252 e. The van der Waals surface area contributed by atoms with E-state index >= 15 is 0 Å². The van der Waals surface area contributed by atoms with Gasteiger partial charge in [-0.2, -0.15) is 0 Å². The van der Waals surface area contributed by atoms with Crippen LogP contribution in [0.25, 0.3) is 22.3 Å². The van der Waals surface area contributed by atoms with Gasteiger partial charge >= 0.3 is 0 Å². The molecule has 2 aliphatic heterocycles. The minimum Gasteiger partial charge on any atom is -0.311 e. The summed E-state index contributed by atoms with van der Waals surface area (Å²) in [6.07, 6.45) is 0. The highest BCUT2D eigenvalue weighted by Gasteiger charge is 2.45. The number of anilines is 9. The summed E-state index contributed by atoms with van der Waals surface area (Å²) in [5.74, 6) is 0. The van der Waals surface area contributed by atoms with Gasteiger partial charge in [0.2, 0.25) is 0 Å². The van der Waals surface area contributed by atoms with Gasteiger partial charge in [0.05, 0.1) is 5.69 Å². The SMILES string of the molecule is CC(C)(C)c1ccc(N2c3ccc(C(C)(C)C)cc3B3c4cc(C(C)(C)C)ccc4N(c4ccc(C(C)(C)C)cc4)c4cc(N(c5cccc(-c6ccccc6)c5)c5cccc(-c6ccccc6)c5)cc2c43)cc1. The van der Waals surface area contributed by atoms with Crippen LogP contribution in [-0.2, 0) is 21.7 Å². The van der Waals surface area contributed by atoms with E-state index in [2.05, 4.69) is 304 Å². The zero-order valence-electron chi connectivity index (χ0n) is 45.5. The van der Waals surface area contributed by atoms with Gasteiger partial charge in [0.25, 0.3) is 6.71 Å². The van der Waals surface area contributed by atoms with Crippen molar-refractivity contribution < 1.29 is 0 Å². The summed E-state index contributed by atoms with van der Waals surface area (Å²) >= 11 is 0. The number of nitrogens with zero attached hydrogens (tertiary/aromatic N) is 3. The number of benzene rings is 9. The molecular formula is C70H70BN3. The van der Waals surface area contributed by atoms with Crippen molar-refractivity contribution in [1.29, 1.82) is 0 Å². The van der Waals surface area contributed by atoms with Crippen LogP contribution in [-0.4, -0.2) is 6.71 Å². The van der Waals surface area contributed by atoms with Crippen molar-refractivity contribution in [3.8, 4) is 22.3 Å². The zero-order valence-corrected chi connectivity index (χ0v) is 45.5. The molecule has 0 saturated carbocycles. The van der Waals surface area contributed by atoms with Crippen LogP contribution in [0.3, 0.4) is 0 Å². The zero-order chi connectivity index (χ0) is 51.9. The van der Waals surface area contributed by atoms with E-state index in [1.54, 1.807) is 0 Å². The van der Waals surface area contributed by atoms with Gasteiger partial charge in [0.15, 0.2) is 0 Å². The lowest BCUT2D eigenvalue weighted by atomic mass is 9.33. The first-order valence-electron chi connectivity index (χ1n) is 26.6. The normalized spacial score (nSPS) is 13.3. The molecule has 0 saturated heterocycles. The molecule has 2 aliphatic rings. The lowest BCUT2D eigenvalue weighted by Crippen LogP contribution is -2.61. The smallest absolute Gasteiger partial charge is 0.252 e. The Morgan fingerprint density at radius 3 is 1.01 bits per heavy atom. The molecule has 0 amide bonds. The van der Waals surface area contributed by atoms with E-state index in [1.807, 2.05) is 0 Å². The fourth-order valence-corrected chi connectivity index (χ4v) is 11.2. The summed E-state index contributed by atoms with van der Waals surface area (Å²) in [5.41, 5.74) is 24.1. The lowest BCUT2D eigenvalue weighted by Gasteiger charge is -2.45. The van der Waals surface area contributed by atoms with Crippen LogP contribution in [0, 0.1) is 0 Å². The Labute approximate surface area is 442 Å². The van der Waals surface area contributed by atoms with Crippen molar-refractivity contribution in [3.63, 3.8) is 0 Å². The fraction of sp³-hybridized carbons (Fsp3) is 0.229. The fourth-order valence-electron chi connectivity index (χ4n) is 11.2. The Kier molecular flexibility index (Phi) is 11.9. The van der Waals surface area contributed by atoms with Crippen LogP contribution in [0.5, 0.6) is 0 Å². The van der Waals surface area contributed by atoms with Crippen molar-refractivity contribution >= 4 is 74.3 Å². The van der Waals surface area contributed by atoms with E-state index < -0.39 is 0 Å². The first-order chi connectivity index (χ1) is 35.2. The Hall–Kier alpha value is -7.56. The third-order valence-electron chi connectivity index (χ3n) is 15.4. The summed E-state index contributed by atoms with van der Waals surface area (Å²) in [6, 6.07) is 78.1. The molecule has 9 aromatic rings. The predicted octanol–water partition coefficient (Wildman–Crippen LogP) is 17.8. The van der Waals surface area contributed by atoms with Gasteiger partial charge in [0.1, 0.15) is 0 Å². The third-order valence-corrected chi connectivity index (χ3v) is 15.4. The maximum absolute atomic E-state index is 2.57. The van der Waals surface area contributed by atoms with E-state index in [-0.39, 0.29) is 28.4 Å². The van der Waals surface area contributed by atoms with Gasteiger partial charge in [-0.25, -0.2) is 0 Å². The monoisotopic (exact) mass is 964 g/mol. The Morgan fingerprint density at radius 2 is 0.649 bits per heavy atom. The van der Waals surface area contributed by atoms with Crippen molar-refractivity contribution in [2.75, 3.05) is 14.7 Å². The average Bonchev–Trinajstić information content (AvgIpc) is 3.38. The molecule has 0 bridgehead atoms. The highest BCUT2D eigenvalue weighted by molar-refractivity contribution is 7.00. The summed E-state index contributed by atoms with van der Waals surface area (Å²) in [5, 5.41) is 0. The molecule has 3 nitrogen and oxygen atoms in total. The molecule has 368 valence electrons. The van der Waals surface area contributed by atoms with Crippen LogP contribution in [0.1, 0.15) is 105 Å². The molecule has 74 heavy (non-hydrogen) atoms. The second-order valence-electron chi connectivity index (χ2n) is 24.8. The summed E-state index contributed by atoms with van der Waals surface area (Å²) in [7, 11) is 0. The van der Waals surface area contributed by atoms with Crippen molar-refractivity contribution in [2.24, 2.45) is 0 Å². The highest BCUT2D eigenvalue weighted by Crippen LogP contribution is 2.50. The van der Waals surface area contributed by atoms with E-state index in [0.29, 0.717) is 0 Å². The second kappa shape index (κ2) is 18.1. The second-order valence-corrected chi connectivity index (χ2v) is 24.8. The van der Waals surface area contributed by atoms with E-state index in [1.165, 1.54) is 83.6 Å². The molecule has 0 N–H and O–H groups in total. The van der Waals surface area contributed by atoms with Gasteiger partial charge < -0.3 is 14.7 Å². The number of hydrogen-bond acceptors (Lipinski definition) is 3. The molecule has 0 fully saturated rings. The largest absolute Gasteiger partial charge is 0.311 e. The Morgan fingerprint density at radius 1 is 0.297 bits per heavy atom. The lowest BCUT2D eigenvalue weighted by molar-refractivity contribution is 0.590. The van der Waals surface area contributed by atoms with Crippen molar-refractivity contribution in [1.82, 2.24) is 0 Å². The molecule has 4 heteroatoms. The van der Waals surface area contributed by atoms with Crippen LogP contribution < -0.4 is 31.1 Å². The van der Waals surface area contributed by atoms with E-state index in [9.17, 15) is 0 Å².